The van der Waals surface area contributed by atoms with Crippen LogP contribution < -0.4 is 9.64 Å². The lowest BCUT2D eigenvalue weighted by Gasteiger charge is -2.38. The molecule has 2 aromatic heterocycles. The standard InChI is InChI=1S/C34H34F3N5O3/c1-4-23-25(36)8-7-20-13-22(43)14-24(27(20)23)29-28(37)30-26(19(2)38-29)31(41-11-5-9-33(3,44)17-41)40-32(39-30)45-18-34-10-6-12-42(34)16-21(35)15-34/h1,7-8,13-14,21,43-44H,5-6,9-12,15-18H2,2-3H3/t21-,33?,34+/m1/s1. The third-order valence-electron chi connectivity index (χ3n) is 9.58. The number of phenolic OH excluding ortho intramolecular Hbond substituents is 1. The van der Waals surface area contributed by atoms with Crippen molar-refractivity contribution in [2.75, 3.05) is 37.7 Å². The summed E-state index contributed by atoms with van der Waals surface area (Å²) in [6, 6.07) is 5.33. The number of phenols is 1. The number of β-amino-alcohol motifs (C(OH)–C–C–N with tert-alkyl or cyclic N) is 1. The van der Waals surface area contributed by atoms with Crippen molar-refractivity contribution in [3.05, 3.63) is 47.2 Å². The Bertz CT molecular complexity index is 1890. The first-order valence-corrected chi connectivity index (χ1v) is 15.3. The van der Waals surface area contributed by atoms with Gasteiger partial charge in [-0.25, -0.2) is 18.2 Å². The maximum absolute atomic E-state index is 16.9. The van der Waals surface area contributed by atoms with Gasteiger partial charge in [0.25, 0.3) is 0 Å². The molecule has 3 atom stereocenters. The lowest BCUT2D eigenvalue weighted by Crippen LogP contribution is -2.46. The van der Waals surface area contributed by atoms with Crippen LogP contribution in [0.3, 0.4) is 0 Å². The van der Waals surface area contributed by atoms with Crippen LogP contribution in [0.2, 0.25) is 0 Å². The quantitative estimate of drug-likeness (QED) is 0.287. The van der Waals surface area contributed by atoms with E-state index in [9.17, 15) is 19.0 Å². The number of aliphatic hydroxyl groups is 1. The number of aromatic nitrogens is 3. The lowest BCUT2D eigenvalue weighted by molar-refractivity contribution is 0.0447. The fourth-order valence-corrected chi connectivity index (χ4v) is 7.58. The maximum Gasteiger partial charge on any atom is 0.319 e. The number of anilines is 1. The summed E-state index contributed by atoms with van der Waals surface area (Å²) < 4.78 is 52.3. The molecule has 3 saturated heterocycles. The van der Waals surface area contributed by atoms with Crippen LogP contribution in [0, 0.1) is 30.9 Å². The molecule has 4 aromatic rings. The molecule has 0 saturated carbocycles. The van der Waals surface area contributed by atoms with Gasteiger partial charge in [-0.05, 0) is 69.7 Å². The van der Waals surface area contributed by atoms with Crippen molar-refractivity contribution in [1.29, 1.82) is 0 Å². The second kappa shape index (κ2) is 10.7. The zero-order valence-corrected chi connectivity index (χ0v) is 25.2. The summed E-state index contributed by atoms with van der Waals surface area (Å²) in [5.74, 6) is 1.08. The highest BCUT2D eigenvalue weighted by Crippen LogP contribution is 2.42. The Morgan fingerprint density at radius 3 is 2.69 bits per heavy atom. The summed E-state index contributed by atoms with van der Waals surface area (Å²) >= 11 is 0. The number of rotatable bonds is 5. The van der Waals surface area contributed by atoms with E-state index >= 15 is 4.39 Å². The van der Waals surface area contributed by atoms with Gasteiger partial charge >= 0.3 is 6.01 Å². The molecule has 3 fully saturated rings. The highest BCUT2D eigenvalue weighted by molar-refractivity contribution is 6.03. The molecule has 0 bridgehead atoms. The summed E-state index contributed by atoms with van der Waals surface area (Å²) in [6.45, 7) is 5.56. The molecule has 2 N–H and O–H groups in total. The fraction of sp³-hybridized carbons (Fsp3) is 0.441. The molecule has 45 heavy (non-hydrogen) atoms. The Hall–Kier alpha value is -4.14. The number of hydrogen-bond acceptors (Lipinski definition) is 8. The molecular formula is C34H34F3N5O3. The molecule has 3 aliphatic rings. The zero-order valence-electron chi connectivity index (χ0n) is 25.2. The number of fused-ring (bicyclic) bond motifs is 3. The van der Waals surface area contributed by atoms with Gasteiger partial charge in [-0.2, -0.15) is 9.97 Å². The van der Waals surface area contributed by atoms with E-state index < -0.39 is 28.9 Å². The number of aryl methyl sites for hydroxylation is 1. The van der Waals surface area contributed by atoms with Crippen LogP contribution in [0.4, 0.5) is 19.0 Å². The third-order valence-corrected chi connectivity index (χ3v) is 9.58. The van der Waals surface area contributed by atoms with E-state index in [1.165, 1.54) is 24.3 Å². The lowest BCUT2D eigenvalue weighted by atomic mass is 9.94. The number of alkyl halides is 1. The van der Waals surface area contributed by atoms with Gasteiger partial charge in [-0.3, -0.25) is 4.90 Å². The highest BCUT2D eigenvalue weighted by atomic mass is 19.1. The van der Waals surface area contributed by atoms with E-state index in [2.05, 4.69) is 20.8 Å². The Labute approximate surface area is 258 Å². The summed E-state index contributed by atoms with van der Waals surface area (Å²) in [4.78, 5) is 17.9. The monoisotopic (exact) mass is 617 g/mol. The van der Waals surface area contributed by atoms with Crippen LogP contribution in [-0.4, -0.2) is 80.2 Å². The molecule has 234 valence electrons. The van der Waals surface area contributed by atoms with E-state index in [1.54, 1.807) is 13.8 Å². The summed E-state index contributed by atoms with van der Waals surface area (Å²) in [6.07, 6.45) is 8.09. The van der Waals surface area contributed by atoms with Crippen molar-refractivity contribution in [2.24, 2.45) is 0 Å². The highest BCUT2D eigenvalue weighted by Gasteiger charge is 2.49. The Morgan fingerprint density at radius 2 is 1.91 bits per heavy atom. The number of halogens is 3. The van der Waals surface area contributed by atoms with Crippen LogP contribution in [0.5, 0.6) is 11.8 Å². The fourth-order valence-electron chi connectivity index (χ4n) is 7.58. The average Bonchev–Trinajstić information content (AvgIpc) is 3.52. The Balaban J connectivity index is 1.42. The molecule has 5 heterocycles. The molecule has 3 aliphatic heterocycles. The van der Waals surface area contributed by atoms with E-state index in [-0.39, 0.29) is 52.6 Å². The smallest absolute Gasteiger partial charge is 0.319 e. The number of terminal acetylenes is 1. The van der Waals surface area contributed by atoms with Gasteiger partial charge in [-0.15, -0.1) is 6.42 Å². The second-order valence-corrected chi connectivity index (χ2v) is 13.0. The predicted octanol–water partition coefficient (Wildman–Crippen LogP) is 5.42. The van der Waals surface area contributed by atoms with Crippen molar-refractivity contribution in [2.45, 2.75) is 63.3 Å². The van der Waals surface area contributed by atoms with E-state index in [4.69, 9.17) is 16.1 Å². The van der Waals surface area contributed by atoms with Gasteiger partial charge in [0.2, 0.25) is 0 Å². The maximum atomic E-state index is 16.9. The molecule has 0 radical (unpaired) electrons. The van der Waals surface area contributed by atoms with Crippen molar-refractivity contribution in [3.8, 4) is 35.4 Å². The van der Waals surface area contributed by atoms with Gasteiger partial charge in [0.05, 0.1) is 27.8 Å². The normalized spacial score (nSPS) is 25.2. The molecule has 0 aliphatic carbocycles. The third kappa shape index (κ3) is 5.00. The number of aromatic hydroxyl groups is 1. The number of nitrogens with zero attached hydrogens (tertiary/aromatic N) is 5. The van der Waals surface area contributed by atoms with Crippen LogP contribution in [0.15, 0.2) is 24.3 Å². The molecule has 11 heteroatoms. The number of pyridine rings is 1. The summed E-state index contributed by atoms with van der Waals surface area (Å²) in [5.41, 5.74) is -1.28. The minimum Gasteiger partial charge on any atom is -0.508 e. The molecule has 8 nitrogen and oxygen atoms in total. The first kappa shape index (κ1) is 29.6. The first-order chi connectivity index (χ1) is 21.5. The second-order valence-electron chi connectivity index (χ2n) is 13.0. The molecule has 7 rings (SSSR count). The van der Waals surface area contributed by atoms with Crippen molar-refractivity contribution < 1.29 is 28.1 Å². The molecule has 1 unspecified atom stereocenters. The first-order valence-electron chi connectivity index (χ1n) is 15.3. The van der Waals surface area contributed by atoms with Crippen LogP contribution >= 0.6 is 0 Å². The average molecular weight is 618 g/mol. The minimum atomic E-state index is -0.990. The molecule has 2 aromatic carbocycles. The largest absolute Gasteiger partial charge is 0.508 e. The van der Waals surface area contributed by atoms with Crippen molar-refractivity contribution in [3.63, 3.8) is 0 Å². The van der Waals surface area contributed by atoms with E-state index in [0.29, 0.717) is 54.6 Å². The predicted molar refractivity (Wildman–Crippen MR) is 165 cm³/mol. The van der Waals surface area contributed by atoms with Crippen LogP contribution in [0.25, 0.3) is 32.9 Å². The number of ether oxygens (including phenoxy) is 1. The van der Waals surface area contributed by atoms with Gasteiger partial charge in [0, 0.05) is 37.0 Å². The van der Waals surface area contributed by atoms with Gasteiger partial charge in [0.15, 0.2) is 5.82 Å². The minimum absolute atomic E-state index is 0.0715. The Morgan fingerprint density at radius 1 is 1.11 bits per heavy atom. The van der Waals surface area contributed by atoms with Crippen LogP contribution in [0.1, 0.15) is 50.3 Å². The summed E-state index contributed by atoms with van der Waals surface area (Å²) in [5, 5.41) is 22.5. The Kier molecular flexibility index (Phi) is 7.06. The molecule has 0 spiro atoms. The van der Waals surface area contributed by atoms with E-state index in [1.807, 2.05) is 4.90 Å². The van der Waals surface area contributed by atoms with Crippen molar-refractivity contribution in [1.82, 2.24) is 19.9 Å². The number of hydrogen-bond donors (Lipinski definition) is 2. The number of piperidine rings is 1. The van der Waals surface area contributed by atoms with Gasteiger partial charge in [-0.1, -0.05) is 12.0 Å². The topological polar surface area (TPSA) is 94.8 Å². The van der Waals surface area contributed by atoms with Gasteiger partial charge in [0.1, 0.15) is 41.4 Å². The molecular weight excluding hydrogens is 583 g/mol. The zero-order chi connectivity index (χ0) is 31.7. The van der Waals surface area contributed by atoms with Crippen LogP contribution in [-0.2, 0) is 0 Å². The van der Waals surface area contributed by atoms with Gasteiger partial charge < -0.3 is 19.8 Å². The van der Waals surface area contributed by atoms with E-state index in [0.717, 1.165) is 19.4 Å². The number of benzene rings is 2. The van der Waals surface area contributed by atoms with Crippen molar-refractivity contribution >= 4 is 27.5 Å². The molecule has 0 amide bonds. The SMILES string of the molecule is C#Cc1c(F)ccc2cc(O)cc(-c3nc(C)c4c(N5CCCC(C)(O)C5)nc(OC[C@@]56CCCN5C[C@H](F)C6)nc4c3F)c12. The summed E-state index contributed by atoms with van der Waals surface area (Å²) in [7, 11) is 0.